The van der Waals surface area contributed by atoms with E-state index in [9.17, 15) is 9.90 Å². The van der Waals surface area contributed by atoms with E-state index < -0.39 is 13.9 Å². The highest BCUT2D eigenvalue weighted by Gasteiger charge is 2.60. The molecule has 2 rings (SSSR count). The van der Waals surface area contributed by atoms with Crippen LogP contribution in [0.25, 0.3) is 0 Å². The van der Waals surface area contributed by atoms with Crippen molar-refractivity contribution < 1.29 is 14.3 Å². The number of ketones is 1. The number of hydrogen-bond donors (Lipinski definition) is 1. The molecule has 0 amide bonds. The van der Waals surface area contributed by atoms with Gasteiger partial charge in [0.25, 0.3) is 0 Å². The first-order valence-corrected chi connectivity index (χ1v) is 12.5. The van der Waals surface area contributed by atoms with Gasteiger partial charge in [0.05, 0.1) is 5.60 Å². The Balaban J connectivity index is 2.21. The van der Waals surface area contributed by atoms with E-state index in [1.807, 2.05) is 0 Å². The van der Waals surface area contributed by atoms with Crippen molar-refractivity contribution in [3.05, 3.63) is 0 Å². The van der Waals surface area contributed by atoms with Gasteiger partial charge in [0.1, 0.15) is 5.78 Å². The van der Waals surface area contributed by atoms with Crippen LogP contribution in [0, 0.1) is 23.2 Å². The summed E-state index contributed by atoms with van der Waals surface area (Å²) in [4.78, 5) is 13.1. The van der Waals surface area contributed by atoms with Gasteiger partial charge in [-0.25, -0.2) is 0 Å². The Bertz CT molecular complexity index is 500. The summed E-state index contributed by atoms with van der Waals surface area (Å²) in [6, 6.07) is 0. The molecule has 3 nitrogen and oxygen atoms in total. The summed E-state index contributed by atoms with van der Waals surface area (Å²) in [5.74, 6) is 0.686. The Morgan fingerprint density at radius 1 is 1.12 bits per heavy atom. The summed E-state index contributed by atoms with van der Waals surface area (Å²) < 4.78 is 6.69. The lowest BCUT2D eigenvalue weighted by Gasteiger charge is -2.47. The van der Waals surface area contributed by atoms with E-state index >= 15 is 0 Å². The maximum absolute atomic E-state index is 13.1. The highest BCUT2D eigenvalue weighted by Crippen LogP contribution is 2.57. The van der Waals surface area contributed by atoms with Crippen LogP contribution in [0.15, 0.2) is 0 Å². The first-order chi connectivity index (χ1) is 10.6. The van der Waals surface area contributed by atoms with Crippen LogP contribution in [-0.4, -0.2) is 30.9 Å². The standard InChI is InChI=1S/C20H38O3Si/c1-13-10-15(23-24(8,9)18(2,3)4)11-14-12-16(19(5,6)22)17(21)20(13,14)7/h13-16,22H,10-12H2,1-9H3/t13-,14+,15+,16?,20+/m1/s1. The molecule has 2 aliphatic rings. The first-order valence-electron chi connectivity index (χ1n) is 9.55. The van der Waals surface area contributed by atoms with Gasteiger partial charge in [0.15, 0.2) is 8.32 Å². The second-order valence-corrected chi connectivity index (χ2v) is 15.4. The topological polar surface area (TPSA) is 46.5 Å². The molecular weight excluding hydrogens is 316 g/mol. The molecule has 2 aliphatic carbocycles. The van der Waals surface area contributed by atoms with Gasteiger partial charge in [-0.15, -0.1) is 0 Å². The normalized spacial score (nSPS) is 38.3. The summed E-state index contributed by atoms with van der Waals surface area (Å²) in [6.07, 6.45) is 2.99. The molecular formula is C20H38O3Si. The number of fused-ring (bicyclic) bond motifs is 1. The zero-order chi connectivity index (χ0) is 18.7. The Morgan fingerprint density at radius 2 is 1.67 bits per heavy atom. The number of hydrogen-bond acceptors (Lipinski definition) is 3. The number of rotatable bonds is 3. The Hall–Kier alpha value is -0.193. The molecule has 0 spiro atoms. The van der Waals surface area contributed by atoms with Crippen LogP contribution in [0.1, 0.15) is 67.7 Å². The van der Waals surface area contributed by atoms with Crippen molar-refractivity contribution in [1.82, 2.24) is 0 Å². The largest absolute Gasteiger partial charge is 0.414 e. The minimum atomic E-state index is -1.80. The third kappa shape index (κ3) is 3.26. The lowest BCUT2D eigenvalue weighted by molar-refractivity contribution is -0.139. The molecule has 5 atom stereocenters. The predicted octanol–water partition coefficient (Wildman–Crippen LogP) is 4.79. The zero-order valence-corrected chi connectivity index (χ0v) is 18.2. The third-order valence-corrected chi connectivity index (χ3v) is 12.1. The molecule has 140 valence electrons. The van der Waals surface area contributed by atoms with E-state index in [1.165, 1.54) is 0 Å². The summed E-state index contributed by atoms with van der Waals surface area (Å²) >= 11 is 0. The lowest BCUT2D eigenvalue weighted by Crippen LogP contribution is -2.50. The number of carbonyl (C=O) groups is 1. The van der Waals surface area contributed by atoms with Gasteiger partial charge in [-0.2, -0.15) is 0 Å². The van der Waals surface area contributed by atoms with Crippen LogP contribution in [0.3, 0.4) is 0 Å². The quantitative estimate of drug-likeness (QED) is 0.741. The van der Waals surface area contributed by atoms with E-state index in [2.05, 4.69) is 47.7 Å². The second kappa shape index (κ2) is 5.92. The average Bonchev–Trinajstić information content (AvgIpc) is 2.62. The molecule has 0 aromatic carbocycles. The number of aliphatic hydroxyl groups is 1. The van der Waals surface area contributed by atoms with Gasteiger partial charge >= 0.3 is 0 Å². The summed E-state index contributed by atoms with van der Waals surface area (Å²) in [7, 11) is -1.80. The Labute approximate surface area is 149 Å². The van der Waals surface area contributed by atoms with Crippen molar-refractivity contribution in [3.63, 3.8) is 0 Å². The minimum Gasteiger partial charge on any atom is -0.414 e. The average molecular weight is 355 g/mol. The van der Waals surface area contributed by atoms with Gasteiger partial charge in [0.2, 0.25) is 0 Å². The van der Waals surface area contributed by atoms with Crippen molar-refractivity contribution in [2.45, 2.75) is 97.6 Å². The smallest absolute Gasteiger partial charge is 0.192 e. The molecule has 2 fully saturated rings. The van der Waals surface area contributed by atoms with Gasteiger partial charge in [0, 0.05) is 17.4 Å². The van der Waals surface area contributed by atoms with Crippen molar-refractivity contribution in [2.24, 2.45) is 23.2 Å². The fourth-order valence-electron chi connectivity index (χ4n) is 4.55. The van der Waals surface area contributed by atoms with Crippen molar-refractivity contribution in [2.75, 3.05) is 0 Å². The molecule has 24 heavy (non-hydrogen) atoms. The van der Waals surface area contributed by atoms with Gasteiger partial charge in [-0.1, -0.05) is 34.6 Å². The van der Waals surface area contributed by atoms with Crippen LogP contribution >= 0.6 is 0 Å². The number of carbonyl (C=O) groups excluding carboxylic acids is 1. The van der Waals surface area contributed by atoms with Crippen molar-refractivity contribution in [1.29, 1.82) is 0 Å². The maximum atomic E-state index is 13.1. The third-order valence-electron chi connectivity index (χ3n) is 7.52. The van der Waals surface area contributed by atoms with Crippen LogP contribution in [0.5, 0.6) is 0 Å². The minimum absolute atomic E-state index is 0.206. The monoisotopic (exact) mass is 354 g/mol. The summed E-state index contributed by atoms with van der Waals surface area (Å²) in [5, 5.41) is 10.7. The summed E-state index contributed by atoms with van der Waals surface area (Å²) in [6.45, 7) is 19.4. The fourth-order valence-corrected chi connectivity index (χ4v) is 5.93. The number of Topliss-reactive ketones (excluding diaryl/α,β-unsaturated/α-hetero) is 1. The molecule has 2 saturated carbocycles. The molecule has 0 bridgehead atoms. The highest BCUT2D eigenvalue weighted by atomic mass is 28.4. The molecule has 4 heteroatoms. The first kappa shape index (κ1) is 20.1. The Kier molecular flexibility index (Phi) is 4.96. The Morgan fingerprint density at radius 3 is 2.12 bits per heavy atom. The van der Waals surface area contributed by atoms with E-state index in [0.717, 1.165) is 19.3 Å². The van der Waals surface area contributed by atoms with Gasteiger partial charge in [-0.05, 0) is 63.1 Å². The van der Waals surface area contributed by atoms with Crippen LogP contribution in [0.4, 0.5) is 0 Å². The molecule has 0 heterocycles. The van der Waals surface area contributed by atoms with Gasteiger partial charge < -0.3 is 9.53 Å². The van der Waals surface area contributed by atoms with Crippen LogP contribution < -0.4 is 0 Å². The molecule has 0 aliphatic heterocycles. The van der Waals surface area contributed by atoms with E-state index in [0.29, 0.717) is 11.8 Å². The van der Waals surface area contributed by atoms with E-state index in [-0.39, 0.29) is 28.3 Å². The maximum Gasteiger partial charge on any atom is 0.192 e. The highest BCUT2D eigenvalue weighted by molar-refractivity contribution is 6.74. The fraction of sp³-hybridized carbons (Fsp3) is 0.950. The molecule has 0 radical (unpaired) electrons. The van der Waals surface area contributed by atoms with Crippen molar-refractivity contribution >= 4 is 14.1 Å². The predicted molar refractivity (Wildman–Crippen MR) is 101 cm³/mol. The zero-order valence-electron chi connectivity index (χ0n) is 17.2. The van der Waals surface area contributed by atoms with E-state index in [4.69, 9.17) is 4.43 Å². The lowest BCUT2D eigenvalue weighted by atomic mass is 9.62. The molecule has 0 aromatic heterocycles. The molecule has 0 aromatic rings. The second-order valence-electron chi connectivity index (χ2n) is 10.7. The van der Waals surface area contributed by atoms with E-state index in [1.54, 1.807) is 13.8 Å². The summed E-state index contributed by atoms with van der Waals surface area (Å²) in [5.41, 5.74) is -1.22. The van der Waals surface area contributed by atoms with Gasteiger partial charge in [-0.3, -0.25) is 4.79 Å². The SMILES string of the molecule is C[C@@H]1C[C@H](O[Si](C)(C)C(C)(C)C)C[C@H]2CC(C(C)(C)O)C(=O)[C@]21C. The molecule has 1 N–H and O–H groups in total. The van der Waals surface area contributed by atoms with Crippen molar-refractivity contribution in [3.8, 4) is 0 Å². The van der Waals surface area contributed by atoms with Crippen LogP contribution in [0.2, 0.25) is 18.1 Å². The molecule has 1 unspecified atom stereocenters. The van der Waals surface area contributed by atoms with Crippen LogP contribution in [-0.2, 0) is 9.22 Å². The molecule has 0 saturated heterocycles.